The van der Waals surface area contributed by atoms with E-state index >= 15 is 0 Å². The first-order chi connectivity index (χ1) is 8.00. The minimum atomic E-state index is -0.825. The van der Waals surface area contributed by atoms with Gasteiger partial charge in [-0.3, -0.25) is 9.59 Å². The Morgan fingerprint density at radius 1 is 1.53 bits per heavy atom. The Balaban J connectivity index is 2.13. The van der Waals surface area contributed by atoms with Gasteiger partial charge in [0, 0.05) is 13.1 Å². The summed E-state index contributed by atoms with van der Waals surface area (Å²) in [6.45, 7) is 4.46. The molecule has 1 saturated heterocycles. The number of rotatable bonds is 2. The fourth-order valence-corrected chi connectivity index (χ4v) is 2.87. The van der Waals surface area contributed by atoms with Crippen LogP contribution in [0.3, 0.4) is 0 Å². The van der Waals surface area contributed by atoms with Crippen LogP contribution in [0.15, 0.2) is 5.51 Å². The minimum absolute atomic E-state index is 0.00433. The summed E-state index contributed by atoms with van der Waals surface area (Å²) >= 11 is 1.31. The molecule has 0 bridgehead atoms. The average molecular weight is 254 g/mol. The average Bonchev–Trinajstić information content (AvgIpc) is 2.83. The van der Waals surface area contributed by atoms with Crippen LogP contribution in [0.5, 0.6) is 0 Å². The van der Waals surface area contributed by atoms with E-state index in [9.17, 15) is 9.59 Å². The molecule has 1 amide bonds. The van der Waals surface area contributed by atoms with Crippen molar-refractivity contribution in [3.8, 4) is 0 Å². The zero-order valence-corrected chi connectivity index (χ0v) is 10.5. The standard InChI is InChI=1S/C11H14N2O3S/c1-6-3-13(4-8(6)11(15)16)10(14)9-7(2)12-5-17-9/h5-6,8H,3-4H2,1-2H3,(H,15,16). The fraction of sp³-hybridized carbons (Fsp3) is 0.545. The highest BCUT2D eigenvalue weighted by Gasteiger charge is 2.37. The molecule has 0 spiro atoms. The van der Waals surface area contributed by atoms with E-state index in [0.29, 0.717) is 23.7 Å². The molecule has 1 aromatic rings. The molecule has 0 aromatic carbocycles. The van der Waals surface area contributed by atoms with Gasteiger partial charge >= 0.3 is 5.97 Å². The monoisotopic (exact) mass is 254 g/mol. The number of hydrogen-bond donors (Lipinski definition) is 1. The van der Waals surface area contributed by atoms with E-state index in [4.69, 9.17) is 5.11 Å². The Hall–Kier alpha value is -1.43. The number of carboxylic acid groups (broad SMARTS) is 1. The lowest BCUT2D eigenvalue weighted by atomic mass is 9.99. The molecule has 1 aliphatic rings. The predicted octanol–water partition coefficient (Wildman–Crippen LogP) is 1.24. The maximum atomic E-state index is 12.1. The number of aliphatic carboxylic acids is 1. The van der Waals surface area contributed by atoms with Crippen LogP contribution in [-0.2, 0) is 4.79 Å². The van der Waals surface area contributed by atoms with Crippen molar-refractivity contribution >= 4 is 23.2 Å². The molecule has 6 heteroatoms. The quantitative estimate of drug-likeness (QED) is 0.862. The van der Waals surface area contributed by atoms with Crippen molar-refractivity contribution in [1.29, 1.82) is 0 Å². The van der Waals surface area contributed by atoms with Crippen LogP contribution in [0.25, 0.3) is 0 Å². The molecule has 1 N–H and O–H groups in total. The SMILES string of the molecule is Cc1ncsc1C(=O)N1CC(C)C(C(=O)O)C1. The van der Waals surface area contributed by atoms with Crippen molar-refractivity contribution in [1.82, 2.24) is 9.88 Å². The lowest BCUT2D eigenvalue weighted by molar-refractivity contribution is -0.142. The van der Waals surface area contributed by atoms with Crippen LogP contribution >= 0.6 is 11.3 Å². The maximum absolute atomic E-state index is 12.1. The Kier molecular flexibility index (Phi) is 3.15. The molecular formula is C11H14N2O3S. The summed E-state index contributed by atoms with van der Waals surface area (Å²) in [6, 6.07) is 0. The summed E-state index contributed by atoms with van der Waals surface area (Å²) in [4.78, 5) is 29.4. The second kappa shape index (κ2) is 4.44. The molecule has 1 aliphatic heterocycles. The highest BCUT2D eigenvalue weighted by atomic mass is 32.1. The molecule has 2 heterocycles. The summed E-state index contributed by atoms with van der Waals surface area (Å²) in [5.41, 5.74) is 2.35. The molecule has 0 radical (unpaired) electrons. The number of carbonyl (C=O) groups excluding carboxylic acids is 1. The second-order valence-electron chi connectivity index (χ2n) is 4.40. The van der Waals surface area contributed by atoms with Gasteiger partial charge in [-0.15, -0.1) is 11.3 Å². The molecule has 0 saturated carbocycles. The number of thiazole rings is 1. The van der Waals surface area contributed by atoms with E-state index in [1.54, 1.807) is 17.3 Å². The van der Waals surface area contributed by atoms with E-state index in [2.05, 4.69) is 4.98 Å². The van der Waals surface area contributed by atoms with Crippen LogP contribution in [0.4, 0.5) is 0 Å². The molecule has 2 rings (SSSR count). The molecule has 1 fully saturated rings. The van der Waals surface area contributed by atoms with Gasteiger partial charge in [0.1, 0.15) is 4.88 Å². The van der Waals surface area contributed by atoms with Gasteiger partial charge < -0.3 is 10.0 Å². The van der Waals surface area contributed by atoms with Gasteiger partial charge in [-0.25, -0.2) is 4.98 Å². The number of nitrogens with zero attached hydrogens (tertiary/aromatic N) is 2. The topological polar surface area (TPSA) is 70.5 Å². The zero-order valence-electron chi connectivity index (χ0n) is 9.71. The summed E-state index contributed by atoms with van der Waals surface area (Å²) in [5.74, 6) is -1.37. The predicted molar refractivity (Wildman–Crippen MR) is 63.0 cm³/mol. The summed E-state index contributed by atoms with van der Waals surface area (Å²) in [7, 11) is 0. The first kappa shape index (κ1) is 12.0. The first-order valence-corrected chi connectivity index (χ1v) is 6.31. The third kappa shape index (κ3) is 2.17. The van der Waals surface area contributed by atoms with Crippen LogP contribution in [-0.4, -0.2) is 40.0 Å². The van der Waals surface area contributed by atoms with Crippen LogP contribution in [0.1, 0.15) is 22.3 Å². The van der Waals surface area contributed by atoms with Gasteiger partial charge in [0.15, 0.2) is 0 Å². The summed E-state index contributed by atoms with van der Waals surface area (Å²) in [6.07, 6.45) is 0. The Morgan fingerprint density at radius 2 is 2.24 bits per heavy atom. The van der Waals surface area contributed by atoms with Crippen LogP contribution in [0, 0.1) is 18.8 Å². The first-order valence-electron chi connectivity index (χ1n) is 5.43. The minimum Gasteiger partial charge on any atom is -0.481 e. The van der Waals surface area contributed by atoms with E-state index in [0.717, 1.165) is 0 Å². The normalized spacial score (nSPS) is 24.0. The lowest BCUT2D eigenvalue weighted by Crippen LogP contribution is -2.29. The molecular weight excluding hydrogens is 240 g/mol. The maximum Gasteiger partial charge on any atom is 0.308 e. The van der Waals surface area contributed by atoms with Crippen molar-refractivity contribution in [2.75, 3.05) is 13.1 Å². The third-order valence-corrected chi connectivity index (χ3v) is 4.07. The Labute approximate surface area is 103 Å². The Bertz CT molecular complexity index is 457. The molecule has 92 valence electrons. The summed E-state index contributed by atoms with van der Waals surface area (Å²) in [5, 5.41) is 9.02. The van der Waals surface area contributed by atoms with Crippen molar-refractivity contribution in [3.63, 3.8) is 0 Å². The number of likely N-dealkylation sites (tertiary alicyclic amines) is 1. The van der Waals surface area contributed by atoms with E-state index in [1.165, 1.54) is 11.3 Å². The van der Waals surface area contributed by atoms with E-state index < -0.39 is 11.9 Å². The van der Waals surface area contributed by atoms with Crippen molar-refractivity contribution < 1.29 is 14.7 Å². The molecule has 17 heavy (non-hydrogen) atoms. The van der Waals surface area contributed by atoms with Gasteiger partial charge in [0.2, 0.25) is 0 Å². The second-order valence-corrected chi connectivity index (χ2v) is 5.25. The van der Waals surface area contributed by atoms with Gasteiger partial charge in [0.05, 0.1) is 17.1 Å². The van der Waals surface area contributed by atoms with Gasteiger partial charge in [-0.2, -0.15) is 0 Å². The van der Waals surface area contributed by atoms with E-state index in [-0.39, 0.29) is 11.8 Å². The van der Waals surface area contributed by atoms with Crippen molar-refractivity contribution in [2.45, 2.75) is 13.8 Å². The lowest BCUT2D eigenvalue weighted by Gasteiger charge is -2.14. The fourth-order valence-electron chi connectivity index (χ4n) is 2.10. The van der Waals surface area contributed by atoms with Crippen molar-refractivity contribution in [2.24, 2.45) is 11.8 Å². The smallest absolute Gasteiger partial charge is 0.308 e. The molecule has 5 nitrogen and oxygen atoms in total. The highest BCUT2D eigenvalue weighted by Crippen LogP contribution is 2.26. The van der Waals surface area contributed by atoms with Crippen molar-refractivity contribution in [3.05, 3.63) is 16.1 Å². The number of aromatic nitrogens is 1. The largest absolute Gasteiger partial charge is 0.481 e. The van der Waals surface area contributed by atoms with Gasteiger partial charge in [-0.1, -0.05) is 6.92 Å². The zero-order chi connectivity index (χ0) is 12.6. The third-order valence-electron chi connectivity index (χ3n) is 3.16. The van der Waals surface area contributed by atoms with Crippen LogP contribution < -0.4 is 0 Å². The number of aryl methyl sites for hydroxylation is 1. The summed E-state index contributed by atoms with van der Waals surface area (Å²) < 4.78 is 0. The number of amides is 1. The molecule has 0 aliphatic carbocycles. The number of hydrogen-bond acceptors (Lipinski definition) is 4. The molecule has 2 atom stereocenters. The Morgan fingerprint density at radius 3 is 2.71 bits per heavy atom. The number of carboxylic acids is 1. The molecule has 2 unspecified atom stereocenters. The highest BCUT2D eigenvalue weighted by molar-refractivity contribution is 7.11. The van der Waals surface area contributed by atoms with Crippen LogP contribution in [0.2, 0.25) is 0 Å². The van der Waals surface area contributed by atoms with Gasteiger partial charge in [0.25, 0.3) is 5.91 Å². The number of carbonyl (C=O) groups is 2. The molecule has 1 aromatic heterocycles. The van der Waals surface area contributed by atoms with E-state index in [1.807, 2.05) is 6.92 Å². The van der Waals surface area contributed by atoms with Gasteiger partial charge in [-0.05, 0) is 12.8 Å².